The third-order valence-electron chi connectivity index (χ3n) is 4.51. The van der Waals surface area contributed by atoms with Gasteiger partial charge in [-0.3, -0.25) is 9.59 Å². The minimum Gasteiger partial charge on any atom is -0.384 e. The second-order valence-corrected chi connectivity index (χ2v) is 8.41. The van der Waals surface area contributed by atoms with Crippen molar-refractivity contribution in [2.45, 2.75) is 93.9 Å². The molecule has 0 aliphatic rings. The van der Waals surface area contributed by atoms with Crippen LogP contribution in [0.3, 0.4) is 0 Å². The molecule has 34 heavy (non-hydrogen) atoms. The lowest BCUT2D eigenvalue weighted by Crippen LogP contribution is -2.15. The van der Waals surface area contributed by atoms with Crippen LogP contribution >= 0.6 is 0 Å². The van der Waals surface area contributed by atoms with Gasteiger partial charge in [-0.05, 0) is 51.6 Å². The molecule has 0 atom stereocenters. The first-order chi connectivity index (χ1) is 16.2. The van der Waals surface area contributed by atoms with Crippen molar-refractivity contribution in [2.24, 2.45) is 17.6 Å². The first-order valence-corrected chi connectivity index (χ1v) is 12.6. The van der Waals surface area contributed by atoms with Crippen molar-refractivity contribution in [3.8, 4) is 0 Å². The summed E-state index contributed by atoms with van der Waals surface area (Å²) >= 11 is 0. The lowest BCUT2D eigenvalue weighted by molar-refractivity contribution is -0.117. The molecule has 0 radical (unpaired) electrons. The number of nitrogens with two attached hydrogens (primary N) is 1. The van der Waals surface area contributed by atoms with Crippen molar-refractivity contribution in [1.82, 2.24) is 0 Å². The molecule has 1 aromatic rings. The standard InChI is InChI=1S/C17H26N2O2.C7H14O.C2H4O.C2H6/c1-13(2)17(21)16-14(12-20)8-7-9-15(16)19-11-6-4-3-5-10-18;1-6(2)4-5-7(3)8;1-2-3;1-2/h7-9,12-13,19H,3-6,10-11,18H2,1-2H3;6H,4-5H2,1-3H3;2H,1H3;1-2H3. The molecule has 0 spiro atoms. The number of aldehydes is 2. The fourth-order valence-electron chi connectivity index (χ4n) is 2.72. The van der Waals surface area contributed by atoms with Crippen LogP contribution in [-0.2, 0) is 9.59 Å². The maximum Gasteiger partial charge on any atom is 0.168 e. The zero-order chi connectivity index (χ0) is 26.9. The Kier molecular flexibility index (Phi) is 26.9. The van der Waals surface area contributed by atoms with Gasteiger partial charge < -0.3 is 20.6 Å². The number of unbranched alkanes of at least 4 members (excludes halogenated alkanes) is 3. The van der Waals surface area contributed by atoms with Gasteiger partial charge in [-0.1, -0.05) is 66.5 Å². The van der Waals surface area contributed by atoms with Crippen LogP contribution in [0.5, 0.6) is 0 Å². The summed E-state index contributed by atoms with van der Waals surface area (Å²) in [6.07, 6.45) is 7.61. The van der Waals surface area contributed by atoms with E-state index in [1.54, 1.807) is 19.1 Å². The molecule has 1 rings (SSSR count). The van der Waals surface area contributed by atoms with Gasteiger partial charge in [0, 0.05) is 30.1 Å². The van der Waals surface area contributed by atoms with Crippen LogP contribution < -0.4 is 11.1 Å². The predicted octanol–water partition coefficient (Wildman–Crippen LogP) is 6.51. The minimum absolute atomic E-state index is 0.00308. The summed E-state index contributed by atoms with van der Waals surface area (Å²) in [5, 5.41) is 3.29. The molecular formula is C28H50N2O4. The molecule has 3 N–H and O–H groups in total. The quantitative estimate of drug-likeness (QED) is 0.190. The van der Waals surface area contributed by atoms with Crippen molar-refractivity contribution in [1.29, 1.82) is 0 Å². The van der Waals surface area contributed by atoms with Crippen LogP contribution in [-0.4, -0.2) is 37.2 Å². The number of benzene rings is 1. The zero-order valence-corrected chi connectivity index (χ0v) is 22.9. The number of anilines is 1. The summed E-state index contributed by atoms with van der Waals surface area (Å²) in [6, 6.07) is 5.36. The van der Waals surface area contributed by atoms with Crippen LogP contribution in [0, 0.1) is 11.8 Å². The number of Topliss-reactive ketones (excluding diaryl/α,β-unsaturated/α-hetero) is 2. The number of rotatable bonds is 13. The Morgan fingerprint density at radius 2 is 1.56 bits per heavy atom. The normalized spacial score (nSPS) is 9.50. The summed E-state index contributed by atoms with van der Waals surface area (Å²) in [4.78, 5) is 42.6. The van der Waals surface area contributed by atoms with Crippen LogP contribution in [0.15, 0.2) is 18.2 Å². The molecule has 0 aromatic heterocycles. The molecule has 6 nitrogen and oxygen atoms in total. The Labute approximate surface area is 208 Å². The zero-order valence-electron chi connectivity index (χ0n) is 22.9. The van der Waals surface area contributed by atoms with Crippen molar-refractivity contribution in [2.75, 3.05) is 18.4 Å². The number of hydrogen-bond donors (Lipinski definition) is 2. The maximum atomic E-state index is 12.3. The first kappa shape index (κ1) is 36.2. The number of hydrogen-bond acceptors (Lipinski definition) is 6. The van der Waals surface area contributed by atoms with Gasteiger partial charge in [0.05, 0.1) is 5.56 Å². The van der Waals surface area contributed by atoms with Crippen LogP contribution in [0.4, 0.5) is 5.69 Å². The van der Waals surface area contributed by atoms with E-state index in [4.69, 9.17) is 10.5 Å². The van der Waals surface area contributed by atoms with Crippen LogP contribution in [0.25, 0.3) is 0 Å². The highest BCUT2D eigenvalue weighted by molar-refractivity contribution is 6.08. The SMILES string of the molecule is CC.CC(=O)CCC(C)C.CC(C)C(=O)c1c(C=O)cccc1NCCCCCCN.CC=O. The highest BCUT2D eigenvalue weighted by Crippen LogP contribution is 2.23. The predicted molar refractivity (Wildman–Crippen MR) is 145 cm³/mol. The van der Waals surface area contributed by atoms with E-state index in [9.17, 15) is 14.4 Å². The van der Waals surface area contributed by atoms with Gasteiger partial charge in [0.25, 0.3) is 0 Å². The van der Waals surface area contributed by atoms with Crippen molar-refractivity contribution < 1.29 is 19.2 Å². The van der Waals surface area contributed by atoms with Gasteiger partial charge in [0.15, 0.2) is 12.1 Å². The minimum atomic E-state index is -0.129. The van der Waals surface area contributed by atoms with Gasteiger partial charge in [0.1, 0.15) is 12.1 Å². The van der Waals surface area contributed by atoms with E-state index >= 15 is 0 Å². The van der Waals surface area contributed by atoms with Crippen molar-refractivity contribution in [3.05, 3.63) is 29.3 Å². The molecule has 0 bridgehead atoms. The van der Waals surface area contributed by atoms with Gasteiger partial charge >= 0.3 is 0 Å². The summed E-state index contributed by atoms with van der Waals surface area (Å²) in [5.41, 5.74) is 7.20. The number of carbonyl (C=O) groups excluding carboxylic acids is 4. The molecule has 0 saturated carbocycles. The first-order valence-electron chi connectivity index (χ1n) is 12.6. The Morgan fingerprint density at radius 3 is 1.97 bits per heavy atom. The third kappa shape index (κ3) is 20.3. The molecule has 1 aromatic carbocycles. The van der Waals surface area contributed by atoms with Gasteiger partial charge in [-0.25, -0.2) is 0 Å². The number of ketones is 2. The average Bonchev–Trinajstić information content (AvgIpc) is 2.81. The Balaban J connectivity index is -0.000000614. The highest BCUT2D eigenvalue weighted by atomic mass is 16.1. The molecule has 0 unspecified atom stereocenters. The fraction of sp³-hybridized carbons (Fsp3) is 0.643. The van der Waals surface area contributed by atoms with Crippen molar-refractivity contribution in [3.63, 3.8) is 0 Å². The van der Waals surface area contributed by atoms with Crippen LogP contribution in [0.2, 0.25) is 0 Å². The molecule has 0 aliphatic carbocycles. The molecule has 196 valence electrons. The Hall–Kier alpha value is -2.34. The van der Waals surface area contributed by atoms with Crippen molar-refractivity contribution >= 4 is 29.8 Å². The third-order valence-corrected chi connectivity index (χ3v) is 4.51. The summed E-state index contributed by atoms with van der Waals surface area (Å²) < 4.78 is 0. The molecular weight excluding hydrogens is 428 g/mol. The monoisotopic (exact) mass is 478 g/mol. The summed E-state index contributed by atoms with van der Waals surface area (Å²) in [5.74, 6) is 0.845. The molecule has 0 heterocycles. The van der Waals surface area contributed by atoms with Gasteiger partial charge in [0.2, 0.25) is 0 Å². The Morgan fingerprint density at radius 1 is 1.00 bits per heavy atom. The molecule has 6 heteroatoms. The van der Waals surface area contributed by atoms with E-state index in [0.717, 1.165) is 69.9 Å². The molecule has 0 saturated heterocycles. The van der Waals surface area contributed by atoms with E-state index in [1.807, 2.05) is 33.8 Å². The second kappa shape index (κ2) is 25.3. The summed E-state index contributed by atoms with van der Waals surface area (Å²) in [6.45, 7) is 16.6. The van der Waals surface area contributed by atoms with Gasteiger partial charge in [-0.2, -0.15) is 0 Å². The molecule has 0 aliphatic heterocycles. The van der Waals surface area contributed by atoms with E-state index in [2.05, 4.69) is 19.2 Å². The largest absolute Gasteiger partial charge is 0.384 e. The van der Waals surface area contributed by atoms with E-state index in [-0.39, 0.29) is 11.7 Å². The molecule has 0 fully saturated rings. The smallest absolute Gasteiger partial charge is 0.168 e. The van der Waals surface area contributed by atoms with Gasteiger partial charge in [-0.15, -0.1) is 0 Å². The molecule has 0 amide bonds. The van der Waals surface area contributed by atoms with E-state index < -0.39 is 0 Å². The topological polar surface area (TPSA) is 106 Å². The second-order valence-electron chi connectivity index (χ2n) is 8.41. The summed E-state index contributed by atoms with van der Waals surface area (Å²) in [7, 11) is 0. The maximum absolute atomic E-state index is 12.3. The van der Waals surface area contributed by atoms with E-state index in [0.29, 0.717) is 22.8 Å². The number of nitrogens with one attached hydrogen (secondary N) is 1. The lowest BCUT2D eigenvalue weighted by atomic mass is 9.95. The highest BCUT2D eigenvalue weighted by Gasteiger charge is 2.18. The fourth-order valence-corrected chi connectivity index (χ4v) is 2.72. The van der Waals surface area contributed by atoms with E-state index in [1.165, 1.54) is 6.92 Å². The Bertz CT molecular complexity index is 670. The number of carbonyl (C=O) groups is 4. The average molecular weight is 479 g/mol. The lowest BCUT2D eigenvalue weighted by Gasteiger charge is -2.14. The van der Waals surface area contributed by atoms with Crippen LogP contribution in [0.1, 0.15) is 115 Å².